The van der Waals surface area contributed by atoms with Crippen LogP contribution in [-0.2, 0) is 4.79 Å². The van der Waals surface area contributed by atoms with Crippen LogP contribution < -0.4 is 15.2 Å². The van der Waals surface area contributed by atoms with E-state index in [2.05, 4.69) is 0 Å². The van der Waals surface area contributed by atoms with Gasteiger partial charge in [-0.1, -0.05) is 0 Å². The van der Waals surface area contributed by atoms with Crippen molar-refractivity contribution >= 4 is 5.97 Å². The van der Waals surface area contributed by atoms with Crippen LogP contribution in [0.25, 0.3) is 0 Å². The largest absolute Gasteiger partial charge is 0.497 e. The van der Waals surface area contributed by atoms with Gasteiger partial charge in [0.2, 0.25) is 0 Å². The molecule has 1 aromatic rings. The van der Waals surface area contributed by atoms with E-state index in [1.54, 1.807) is 31.4 Å². The molecule has 3 N–H and O–H groups in total. The molecule has 1 rings (SSSR count). The molecule has 0 heterocycles. The first-order valence-electron chi connectivity index (χ1n) is 5.75. The molecule has 0 aromatic heterocycles. The summed E-state index contributed by atoms with van der Waals surface area (Å²) in [6.07, 6.45) is 0.962. The minimum Gasteiger partial charge on any atom is -0.497 e. The maximum absolute atomic E-state index is 10.8. The zero-order chi connectivity index (χ0) is 13.6. The van der Waals surface area contributed by atoms with E-state index in [-0.39, 0.29) is 0 Å². The number of carbonyl (C=O) groups is 1. The van der Waals surface area contributed by atoms with Crippen molar-refractivity contribution in [2.24, 2.45) is 5.73 Å². The molecule has 0 amide bonds. The summed E-state index contributed by atoms with van der Waals surface area (Å²) in [7, 11) is 1.60. The van der Waals surface area contributed by atoms with Gasteiger partial charge in [0.25, 0.3) is 0 Å². The number of hydrogen-bond acceptors (Lipinski definition) is 4. The molecule has 0 saturated heterocycles. The molecule has 0 aliphatic rings. The van der Waals surface area contributed by atoms with Gasteiger partial charge in [-0.2, -0.15) is 0 Å². The standard InChI is InChI=1S/C13H19NO4/c1-13(14,12(15)16)8-3-9-18-11-6-4-10(17-2)5-7-11/h4-7H,3,8-9,14H2,1-2H3,(H,15,16). The van der Waals surface area contributed by atoms with Crippen LogP contribution in [0.1, 0.15) is 19.8 Å². The monoisotopic (exact) mass is 253 g/mol. The summed E-state index contributed by atoms with van der Waals surface area (Å²) in [6.45, 7) is 1.94. The van der Waals surface area contributed by atoms with Crippen LogP contribution >= 0.6 is 0 Å². The first kappa shape index (κ1) is 14.3. The molecule has 1 aromatic carbocycles. The zero-order valence-corrected chi connectivity index (χ0v) is 10.7. The molecule has 5 nitrogen and oxygen atoms in total. The smallest absolute Gasteiger partial charge is 0.323 e. The number of rotatable bonds is 7. The van der Waals surface area contributed by atoms with Crippen LogP contribution in [-0.4, -0.2) is 30.3 Å². The quantitative estimate of drug-likeness (QED) is 0.722. The highest BCUT2D eigenvalue weighted by atomic mass is 16.5. The lowest BCUT2D eigenvalue weighted by Gasteiger charge is -2.18. The lowest BCUT2D eigenvalue weighted by atomic mass is 9.98. The second-order valence-electron chi connectivity index (χ2n) is 4.35. The van der Waals surface area contributed by atoms with E-state index in [9.17, 15) is 4.79 Å². The Kier molecular flexibility index (Phi) is 4.97. The maximum Gasteiger partial charge on any atom is 0.323 e. The average molecular weight is 253 g/mol. The van der Waals surface area contributed by atoms with Gasteiger partial charge in [0.1, 0.15) is 17.0 Å². The fourth-order valence-electron chi connectivity index (χ4n) is 1.41. The summed E-state index contributed by atoms with van der Waals surface area (Å²) in [6, 6.07) is 7.22. The maximum atomic E-state index is 10.8. The van der Waals surface area contributed by atoms with Crippen molar-refractivity contribution in [3.8, 4) is 11.5 Å². The van der Waals surface area contributed by atoms with Crippen LogP contribution in [0.15, 0.2) is 24.3 Å². The predicted octanol–water partition coefficient (Wildman–Crippen LogP) is 1.66. The molecular weight excluding hydrogens is 234 g/mol. The van der Waals surface area contributed by atoms with Gasteiger partial charge in [-0.15, -0.1) is 0 Å². The van der Waals surface area contributed by atoms with E-state index >= 15 is 0 Å². The first-order valence-corrected chi connectivity index (χ1v) is 5.75. The van der Waals surface area contributed by atoms with Crippen molar-refractivity contribution in [1.82, 2.24) is 0 Å². The minimum absolute atomic E-state index is 0.374. The van der Waals surface area contributed by atoms with Gasteiger partial charge in [0.05, 0.1) is 13.7 Å². The van der Waals surface area contributed by atoms with Crippen LogP contribution in [0.3, 0.4) is 0 Å². The molecule has 1 unspecified atom stereocenters. The Morgan fingerprint density at radius 3 is 2.39 bits per heavy atom. The molecular formula is C13H19NO4. The summed E-state index contributed by atoms with van der Waals surface area (Å²) < 4.78 is 10.5. The highest BCUT2D eigenvalue weighted by Gasteiger charge is 2.26. The molecule has 0 aliphatic heterocycles. The lowest BCUT2D eigenvalue weighted by molar-refractivity contribution is -0.142. The molecule has 0 fully saturated rings. The summed E-state index contributed by atoms with van der Waals surface area (Å²) in [5, 5.41) is 8.84. The second kappa shape index (κ2) is 6.26. The van der Waals surface area contributed by atoms with Crippen molar-refractivity contribution in [3.63, 3.8) is 0 Å². The zero-order valence-electron chi connectivity index (χ0n) is 10.7. The number of ether oxygens (including phenoxy) is 2. The Morgan fingerprint density at radius 1 is 1.33 bits per heavy atom. The lowest BCUT2D eigenvalue weighted by Crippen LogP contribution is -2.44. The van der Waals surface area contributed by atoms with Crippen LogP contribution in [0.5, 0.6) is 11.5 Å². The Morgan fingerprint density at radius 2 is 1.89 bits per heavy atom. The number of carboxylic acid groups (broad SMARTS) is 1. The molecule has 1 atom stereocenters. The van der Waals surface area contributed by atoms with E-state index in [1.807, 2.05) is 0 Å². The van der Waals surface area contributed by atoms with Gasteiger partial charge in [0, 0.05) is 0 Å². The third-order valence-electron chi connectivity index (χ3n) is 2.66. The molecule has 0 saturated carbocycles. The van der Waals surface area contributed by atoms with E-state index < -0.39 is 11.5 Å². The third kappa shape index (κ3) is 4.25. The number of hydrogen-bond donors (Lipinski definition) is 2. The fourth-order valence-corrected chi connectivity index (χ4v) is 1.41. The first-order chi connectivity index (χ1) is 8.45. The van der Waals surface area contributed by atoms with Gasteiger partial charge in [-0.25, -0.2) is 0 Å². The van der Waals surface area contributed by atoms with Crippen molar-refractivity contribution in [1.29, 1.82) is 0 Å². The predicted molar refractivity (Wildman–Crippen MR) is 68.0 cm³/mol. The Labute approximate surface area is 107 Å². The molecule has 0 bridgehead atoms. The van der Waals surface area contributed by atoms with E-state index in [1.165, 1.54) is 6.92 Å². The van der Waals surface area contributed by atoms with Gasteiger partial charge in [-0.3, -0.25) is 4.79 Å². The minimum atomic E-state index is -1.19. The number of benzene rings is 1. The number of nitrogens with two attached hydrogens (primary N) is 1. The SMILES string of the molecule is COc1ccc(OCCCC(C)(N)C(=O)O)cc1. The Bertz CT molecular complexity index is 386. The summed E-state index contributed by atoms with van der Waals surface area (Å²) in [5.41, 5.74) is 4.41. The summed E-state index contributed by atoms with van der Waals surface area (Å²) >= 11 is 0. The number of aliphatic carboxylic acids is 1. The topological polar surface area (TPSA) is 81.8 Å². The Balaban J connectivity index is 2.31. The fraction of sp³-hybridized carbons (Fsp3) is 0.462. The van der Waals surface area contributed by atoms with Crippen molar-refractivity contribution in [2.45, 2.75) is 25.3 Å². The van der Waals surface area contributed by atoms with E-state index in [4.69, 9.17) is 20.3 Å². The van der Waals surface area contributed by atoms with Gasteiger partial charge >= 0.3 is 5.97 Å². The van der Waals surface area contributed by atoms with Crippen molar-refractivity contribution in [2.75, 3.05) is 13.7 Å². The normalized spacial score (nSPS) is 13.7. The summed E-state index contributed by atoms with van der Waals surface area (Å²) in [5.74, 6) is 0.500. The van der Waals surface area contributed by atoms with Gasteiger partial charge in [-0.05, 0) is 44.0 Å². The number of carboxylic acids is 1. The van der Waals surface area contributed by atoms with Crippen LogP contribution in [0.2, 0.25) is 0 Å². The van der Waals surface area contributed by atoms with Gasteiger partial charge < -0.3 is 20.3 Å². The molecule has 0 aliphatic carbocycles. The van der Waals surface area contributed by atoms with Gasteiger partial charge in [0.15, 0.2) is 0 Å². The number of methoxy groups -OCH3 is 1. The second-order valence-corrected chi connectivity index (χ2v) is 4.35. The van der Waals surface area contributed by atoms with Crippen LogP contribution in [0.4, 0.5) is 0 Å². The van der Waals surface area contributed by atoms with E-state index in [0.29, 0.717) is 19.4 Å². The molecule has 100 valence electrons. The van der Waals surface area contributed by atoms with E-state index in [0.717, 1.165) is 11.5 Å². The summed E-state index contributed by atoms with van der Waals surface area (Å²) in [4.78, 5) is 10.8. The highest BCUT2D eigenvalue weighted by Crippen LogP contribution is 2.17. The molecule has 0 radical (unpaired) electrons. The van der Waals surface area contributed by atoms with Crippen LogP contribution in [0, 0.1) is 0 Å². The van der Waals surface area contributed by atoms with Crippen molar-refractivity contribution in [3.05, 3.63) is 24.3 Å². The highest BCUT2D eigenvalue weighted by molar-refractivity contribution is 5.77. The molecule has 0 spiro atoms. The average Bonchev–Trinajstić information content (AvgIpc) is 2.35. The third-order valence-corrected chi connectivity index (χ3v) is 2.66. The molecule has 5 heteroatoms. The Hall–Kier alpha value is -1.75. The molecule has 18 heavy (non-hydrogen) atoms. The van der Waals surface area contributed by atoms with Crippen molar-refractivity contribution < 1.29 is 19.4 Å².